The van der Waals surface area contributed by atoms with Crippen molar-refractivity contribution in [1.29, 1.82) is 0 Å². The molecule has 0 heterocycles. The van der Waals surface area contributed by atoms with Crippen molar-refractivity contribution in [2.75, 3.05) is 0 Å². The SMILES string of the molecule is C=C(CCC(C)C1CCC2C3C(=O)C=C4CC(O)CCC4(C)C3CCC12C)C(C)CC. The van der Waals surface area contributed by atoms with Crippen molar-refractivity contribution in [1.82, 2.24) is 0 Å². The number of ketones is 1. The minimum Gasteiger partial charge on any atom is -0.393 e. The molecule has 3 fully saturated rings. The number of hydrogen-bond donors (Lipinski definition) is 1. The maximum Gasteiger partial charge on any atom is 0.159 e. The van der Waals surface area contributed by atoms with Gasteiger partial charge in [-0.15, -0.1) is 0 Å². The van der Waals surface area contributed by atoms with Gasteiger partial charge in [-0.05, 0) is 111 Å². The zero-order chi connectivity index (χ0) is 22.6. The minimum atomic E-state index is -0.251. The summed E-state index contributed by atoms with van der Waals surface area (Å²) in [5.74, 6) is 3.72. The van der Waals surface area contributed by atoms with Crippen LogP contribution in [0.5, 0.6) is 0 Å². The Morgan fingerprint density at radius 3 is 2.61 bits per heavy atom. The quantitative estimate of drug-likeness (QED) is 0.459. The zero-order valence-electron chi connectivity index (χ0n) is 20.8. The second-order valence-corrected chi connectivity index (χ2v) is 12.3. The van der Waals surface area contributed by atoms with Crippen molar-refractivity contribution < 1.29 is 9.90 Å². The molecule has 3 saturated carbocycles. The zero-order valence-corrected chi connectivity index (χ0v) is 20.8. The molecule has 9 atom stereocenters. The van der Waals surface area contributed by atoms with Gasteiger partial charge in [0.2, 0.25) is 0 Å². The Morgan fingerprint density at radius 2 is 1.90 bits per heavy atom. The Hall–Kier alpha value is -0.890. The van der Waals surface area contributed by atoms with Crippen LogP contribution in [-0.4, -0.2) is 17.0 Å². The van der Waals surface area contributed by atoms with Crippen molar-refractivity contribution >= 4 is 5.78 Å². The monoisotopic (exact) mass is 426 g/mol. The summed E-state index contributed by atoms with van der Waals surface area (Å²) in [6.07, 6.45) is 13.0. The number of carbonyl (C=O) groups is 1. The van der Waals surface area contributed by atoms with Crippen molar-refractivity contribution in [3.05, 3.63) is 23.8 Å². The number of carbonyl (C=O) groups excluding carboxylic acids is 1. The lowest BCUT2D eigenvalue weighted by Crippen LogP contribution is -2.53. The summed E-state index contributed by atoms with van der Waals surface area (Å²) < 4.78 is 0. The topological polar surface area (TPSA) is 37.3 Å². The predicted octanol–water partition coefficient (Wildman–Crippen LogP) is 7.12. The lowest BCUT2D eigenvalue weighted by atomic mass is 9.46. The Labute approximate surface area is 191 Å². The molecule has 4 rings (SSSR count). The van der Waals surface area contributed by atoms with E-state index in [1.54, 1.807) is 0 Å². The van der Waals surface area contributed by atoms with E-state index in [-0.39, 0.29) is 17.4 Å². The molecule has 0 aromatic heterocycles. The van der Waals surface area contributed by atoms with E-state index in [4.69, 9.17) is 0 Å². The van der Waals surface area contributed by atoms with Crippen LogP contribution >= 0.6 is 0 Å². The van der Waals surface area contributed by atoms with E-state index in [9.17, 15) is 9.90 Å². The fraction of sp³-hybridized carbons (Fsp3) is 0.828. The highest BCUT2D eigenvalue weighted by atomic mass is 16.3. The number of allylic oxidation sites excluding steroid dienone is 2. The molecule has 0 saturated heterocycles. The Kier molecular flexibility index (Phi) is 6.36. The summed E-state index contributed by atoms with van der Waals surface area (Å²) in [6, 6.07) is 0. The van der Waals surface area contributed by atoms with Gasteiger partial charge in [0.05, 0.1) is 6.10 Å². The molecule has 4 aliphatic rings. The first-order valence-corrected chi connectivity index (χ1v) is 13.2. The second kappa shape index (κ2) is 8.47. The molecule has 9 unspecified atom stereocenters. The highest BCUT2D eigenvalue weighted by Gasteiger charge is 2.61. The van der Waals surface area contributed by atoms with Gasteiger partial charge in [-0.25, -0.2) is 0 Å². The van der Waals surface area contributed by atoms with Gasteiger partial charge in [0, 0.05) is 5.92 Å². The van der Waals surface area contributed by atoms with Crippen molar-refractivity contribution in [2.45, 2.75) is 105 Å². The van der Waals surface area contributed by atoms with Crippen LogP contribution in [0.2, 0.25) is 0 Å². The van der Waals surface area contributed by atoms with Gasteiger partial charge in [-0.3, -0.25) is 4.79 Å². The molecule has 0 aromatic carbocycles. The first kappa shape index (κ1) is 23.3. The highest BCUT2D eigenvalue weighted by molar-refractivity contribution is 5.94. The largest absolute Gasteiger partial charge is 0.393 e. The first-order chi connectivity index (χ1) is 14.6. The molecule has 0 aromatic rings. The highest BCUT2D eigenvalue weighted by Crippen LogP contribution is 2.66. The lowest BCUT2D eigenvalue weighted by Gasteiger charge is -2.57. The third-order valence-corrected chi connectivity index (χ3v) is 10.9. The molecule has 31 heavy (non-hydrogen) atoms. The number of hydrogen-bond acceptors (Lipinski definition) is 2. The van der Waals surface area contributed by atoms with Crippen LogP contribution in [0.25, 0.3) is 0 Å². The minimum absolute atomic E-state index is 0.136. The summed E-state index contributed by atoms with van der Waals surface area (Å²) in [7, 11) is 0. The van der Waals surface area contributed by atoms with Gasteiger partial charge in [-0.1, -0.05) is 52.3 Å². The second-order valence-electron chi connectivity index (χ2n) is 12.3. The van der Waals surface area contributed by atoms with Gasteiger partial charge >= 0.3 is 0 Å². The molecule has 2 heteroatoms. The van der Waals surface area contributed by atoms with Crippen LogP contribution in [0.15, 0.2) is 23.8 Å². The predicted molar refractivity (Wildman–Crippen MR) is 129 cm³/mol. The lowest BCUT2D eigenvalue weighted by molar-refractivity contribution is -0.135. The molecule has 0 radical (unpaired) electrons. The molecule has 1 N–H and O–H groups in total. The third kappa shape index (κ3) is 3.79. The number of rotatable bonds is 6. The third-order valence-electron chi connectivity index (χ3n) is 10.9. The molecular formula is C29H46O2. The first-order valence-electron chi connectivity index (χ1n) is 13.2. The van der Waals surface area contributed by atoms with E-state index < -0.39 is 0 Å². The van der Waals surface area contributed by atoms with E-state index >= 15 is 0 Å². The van der Waals surface area contributed by atoms with Crippen LogP contribution in [0.3, 0.4) is 0 Å². The molecular weight excluding hydrogens is 380 g/mol. The fourth-order valence-electron chi connectivity index (χ4n) is 8.51. The van der Waals surface area contributed by atoms with E-state index in [2.05, 4.69) is 41.2 Å². The van der Waals surface area contributed by atoms with Crippen molar-refractivity contribution in [2.24, 2.45) is 46.3 Å². The maximum absolute atomic E-state index is 13.4. The Morgan fingerprint density at radius 1 is 1.16 bits per heavy atom. The molecule has 0 aliphatic heterocycles. The van der Waals surface area contributed by atoms with Crippen LogP contribution in [-0.2, 0) is 4.79 Å². The van der Waals surface area contributed by atoms with E-state index in [1.165, 1.54) is 49.7 Å². The average molecular weight is 427 g/mol. The molecule has 174 valence electrons. The molecule has 0 amide bonds. The van der Waals surface area contributed by atoms with Gasteiger partial charge in [0.25, 0.3) is 0 Å². The number of aliphatic hydroxyl groups excluding tert-OH is 1. The molecule has 0 spiro atoms. The van der Waals surface area contributed by atoms with Crippen LogP contribution in [0, 0.1) is 46.3 Å². The molecule has 4 aliphatic carbocycles. The average Bonchev–Trinajstić information content (AvgIpc) is 3.09. The van der Waals surface area contributed by atoms with Crippen LogP contribution in [0.4, 0.5) is 0 Å². The Bertz CT molecular complexity index is 750. The van der Waals surface area contributed by atoms with Crippen LogP contribution < -0.4 is 0 Å². The number of fused-ring (bicyclic) bond motifs is 5. The van der Waals surface area contributed by atoms with Crippen molar-refractivity contribution in [3.8, 4) is 0 Å². The van der Waals surface area contributed by atoms with Gasteiger partial charge in [0.15, 0.2) is 5.78 Å². The summed E-state index contributed by atoms with van der Waals surface area (Å²) in [6.45, 7) is 16.3. The molecule has 0 bridgehead atoms. The van der Waals surface area contributed by atoms with E-state index in [1.807, 2.05) is 6.08 Å². The van der Waals surface area contributed by atoms with Gasteiger partial charge in [-0.2, -0.15) is 0 Å². The van der Waals surface area contributed by atoms with E-state index in [0.717, 1.165) is 25.2 Å². The Balaban J connectivity index is 1.52. The summed E-state index contributed by atoms with van der Waals surface area (Å²) in [5, 5.41) is 10.2. The van der Waals surface area contributed by atoms with Gasteiger partial charge in [0.1, 0.15) is 0 Å². The standard InChI is InChI=1S/C29H46O2/c1-7-18(2)19(3)8-9-20(4)23-10-11-24-27-25(13-15-29(23,24)6)28(5)14-12-22(30)16-21(28)17-26(27)31/h17-18,20,22-25,27,30H,3,7-16H2,1-2,4-6H3. The smallest absolute Gasteiger partial charge is 0.159 e. The summed E-state index contributed by atoms with van der Waals surface area (Å²) in [5.41, 5.74) is 3.12. The number of aliphatic hydroxyl groups is 1. The fourth-order valence-corrected chi connectivity index (χ4v) is 8.51. The van der Waals surface area contributed by atoms with Crippen molar-refractivity contribution in [3.63, 3.8) is 0 Å². The summed E-state index contributed by atoms with van der Waals surface area (Å²) in [4.78, 5) is 13.4. The van der Waals surface area contributed by atoms with E-state index in [0.29, 0.717) is 41.3 Å². The van der Waals surface area contributed by atoms with Gasteiger partial charge < -0.3 is 5.11 Å². The van der Waals surface area contributed by atoms with Crippen LogP contribution in [0.1, 0.15) is 98.8 Å². The normalized spacial score (nSPS) is 44.0. The molecule has 2 nitrogen and oxygen atoms in total. The summed E-state index contributed by atoms with van der Waals surface area (Å²) >= 11 is 0. The maximum atomic E-state index is 13.4.